The lowest BCUT2D eigenvalue weighted by Crippen LogP contribution is -2.48. The molecular weight excluding hydrogens is 280 g/mol. The summed E-state index contributed by atoms with van der Waals surface area (Å²) < 4.78 is 30.5. The van der Waals surface area contributed by atoms with E-state index in [2.05, 4.69) is 19.8 Å². The van der Waals surface area contributed by atoms with Crippen molar-refractivity contribution in [2.45, 2.75) is 33.2 Å². The van der Waals surface area contributed by atoms with Gasteiger partial charge in [0.05, 0.1) is 5.75 Å². The molecule has 8 heteroatoms. The zero-order valence-corrected chi connectivity index (χ0v) is 12.9. The van der Waals surface area contributed by atoms with Gasteiger partial charge in [-0.1, -0.05) is 23.7 Å². The van der Waals surface area contributed by atoms with E-state index in [0.29, 0.717) is 19.6 Å². The Kier molecular flexibility index (Phi) is 5.11. The van der Waals surface area contributed by atoms with Crippen LogP contribution in [0.2, 0.25) is 0 Å². The molecule has 2 heterocycles. The monoisotopic (exact) mass is 302 g/mol. The summed E-state index contributed by atoms with van der Waals surface area (Å²) in [6.07, 6.45) is 1.63. The Hall–Kier alpha value is -0.990. The Morgan fingerprint density at radius 2 is 1.90 bits per heavy atom. The van der Waals surface area contributed by atoms with Crippen LogP contribution in [0, 0.1) is 6.92 Å². The summed E-state index contributed by atoms with van der Waals surface area (Å²) in [4.78, 5) is 2.18. The second-order valence-electron chi connectivity index (χ2n) is 5.14. The van der Waals surface area contributed by atoms with Gasteiger partial charge in [0.1, 0.15) is 11.4 Å². The van der Waals surface area contributed by atoms with Crippen molar-refractivity contribution in [2.75, 3.05) is 31.9 Å². The van der Waals surface area contributed by atoms with E-state index in [-0.39, 0.29) is 5.75 Å². The van der Waals surface area contributed by atoms with Crippen LogP contribution in [-0.2, 0) is 16.6 Å². The normalized spacial score (nSPS) is 18.5. The highest BCUT2D eigenvalue weighted by atomic mass is 32.2. The van der Waals surface area contributed by atoms with Crippen molar-refractivity contribution in [3.05, 3.63) is 11.4 Å². The molecule has 114 valence electrons. The molecule has 0 atom stereocenters. The minimum atomic E-state index is -3.08. The molecule has 0 aromatic carbocycles. The van der Waals surface area contributed by atoms with E-state index < -0.39 is 10.0 Å². The molecule has 0 bridgehead atoms. The van der Waals surface area contributed by atoms with Crippen LogP contribution in [0.3, 0.4) is 0 Å². The summed E-state index contributed by atoms with van der Waals surface area (Å²) >= 11 is 0. The zero-order chi connectivity index (χ0) is 14.6. The molecule has 1 aliphatic rings. The second kappa shape index (κ2) is 6.64. The predicted octanol–water partition coefficient (Wildman–Crippen LogP) is 0.626. The quantitative estimate of drug-likeness (QED) is 0.766. The molecule has 0 amide bonds. The fraction of sp³-hybridized carbons (Fsp3) is 0.833. The van der Waals surface area contributed by atoms with Gasteiger partial charge in [0.25, 0.3) is 0 Å². The van der Waals surface area contributed by atoms with Gasteiger partial charge in [-0.2, -0.15) is 4.31 Å². The van der Waals surface area contributed by atoms with Crippen LogP contribution in [0.5, 0.6) is 0 Å². The molecule has 1 aromatic rings. The molecular formula is C12H22N4O3S. The number of piperazine rings is 1. The van der Waals surface area contributed by atoms with Crippen LogP contribution in [0.1, 0.15) is 31.2 Å². The number of sulfonamides is 1. The lowest BCUT2D eigenvalue weighted by atomic mass is 10.3. The highest BCUT2D eigenvalue weighted by Crippen LogP contribution is 2.12. The van der Waals surface area contributed by atoms with Gasteiger partial charge in [-0.3, -0.25) is 4.90 Å². The first-order valence-electron chi connectivity index (χ1n) is 7.01. The van der Waals surface area contributed by atoms with Crippen LogP contribution < -0.4 is 0 Å². The van der Waals surface area contributed by atoms with Gasteiger partial charge in [-0.05, 0) is 13.3 Å². The van der Waals surface area contributed by atoms with Gasteiger partial charge in [0.2, 0.25) is 10.0 Å². The first-order valence-corrected chi connectivity index (χ1v) is 8.62. The lowest BCUT2D eigenvalue weighted by molar-refractivity contribution is 0.176. The van der Waals surface area contributed by atoms with E-state index in [9.17, 15) is 8.42 Å². The van der Waals surface area contributed by atoms with Crippen LogP contribution >= 0.6 is 0 Å². The maximum absolute atomic E-state index is 12.1. The van der Waals surface area contributed by atoms with Crippen molar-refractivity contribution in [1.29, 1.82) is 0 Å². The summed E-state index contributed by atoms with van der Waals surface area (Å²) in [5.41, 5.74) is 1.62. The van der Waals surface area contributed by atoms with Crippen LogP contribution in [-0.4, -0.2) is 59.9 Å². The van der Waals surface area contributed by atoms with Crippen molar-refractivity contribution in [3.63, 3.8) is 0 Å². The van der Waals surface area contributed by atoms with E-state index in [1.165, 1.54) is 0 Å². The molecule has 1 aromatic heterocycles. The minimum Gasteiger partial charge on any atom is -0.295 e. The fourth-order valence-corrected chi connectivity index (χ4v) is 3.86. The van der Waals surface area contributed by atoms with Gasteiger partial charge >= 0.3 is 0 Å². The summed E-state index contributed by atoms with van der Waals surface area (Å²) in [6.45, 7) is 7.07. The molecule has 1 aliphatic heterocycles. The van der Waals surface area contributed by atoms with Crippen molar-refractivity contribution >= 4 is 10.0 Å². The molecule has 1 fully saturated rings. The number of unbranched alkanes of at least 4 members (excludes halogenated alkanes) is 1. The summed E-state index contributed by atoms with van der Waals surface area (Å²) in [7, 11) is -3.08. The maximum atomic E-state index is 12.1. The molecule has 7 nitrogen and oxygen atoms in total. The molecule has 0 N–H and O–H groups in total. The Balaban J connectivity index is 1.85. The second-order valence-corrected chi connectivity index (χ2v) is 7.23. The molecule has 2 rings (SSSR count). The minimum absolute atomic E-state index is 0.260. The molecule has 0 saturated carbocycles. The number of aryl methyl sites for hydroxylation is 1. The predicted molar refractivity (Wildman–Crippen MR) is 74.6 cm³/mol. The number of hydrogen-bond donors (Lipinski definition) is 0. The van der Waals surface area contributed by atoms with Gasteiger partial charge in [0, 0.05) is 32.7 Å². The first kappa shape index (κ1) is 15.4. The Labute approximate surface area is 119 Å². The molecule has 20 heavy (non-hydrogen) atoms. The molecule has 0 radical (unpaired) electrons. The van der Waals surface area contributed by atoms with Crippen molar-refractivity contribution in [1.82, 2.24) is 19.5 Å². The van der Waals surface area contributed by atoms with E-state index in [0.717, 1.165) is 37.3 Å². The molecule has 0 spiro atoms. The highest BCUT2D eigenvalue weighted by molar-refractivity contribution is 7.89. The van der Waals surface area contributed by atoms with Gasteiger partial charge in [-0.15, -0.1) is 0 Å². The van der Waals surface area contributed by atoms with Crippen molar-refractivity contribution in [3.8, 4) is 0 Å². The molecule has 0 aliphatic carbocycles. The zero-order valence-electron chi connectivity index (χ0n) is 12.1. The summed E-state index contributed by atoms with van der Waals surface area (Å²) in [6, 6.07) is 0. The third kappa shape index (κ3) is 3.77. The summed E-state index contributed by atoms with van der Waals surface area (Å²) in [5, 5.41) is 7.61. The van der Waals surface area contributed by atoms with E-state index in [4.69, 9.17) is 0 Å². The third-order valence-electron chi connectivity index (χ3n) is 3.60. The van der Waals surface area contributed by atoms with E-state index in [1.807, 2.05) is 13.8 Å². The Bertz CT molecular complexity index is 521. The van der Waals surface area contributed by atoms with Crippen molar-refractivity contribution < 1.29 is 13.0 Å². The maximum Gasteiger partial charge on any atom is 0.214 e. The molecule has 0 unspecified atom stereocenters. The lowest BCUT2D eigenvalue weighted by Gasteiger charge is -2.33. The van der Waals surface area contributed by atoms with Gasteiger partial charge < -0.3 is 0 Å². The SMILES string of the molecule is CCCCS(=O)(=O)N1CCN(Cc2nonc2C)CC1. The highest BCUT2D eigenvalue weighted by Gasteiger charge is 2.26. The van der Waals surface area contributed by atoms with E-state index in [1.54, 1.807) is 4.31 Å². The first-order chi connectivity index (χ1) is 9.53. The standard InChI is InChI=1S/C12H22N4O3S/c1-3-4-9-20(17,18)16-7-5-15(6-8-16)10-12-11(2)13-19-14-12/h3-10H2,1-2H3. The van der Waals surface area contributed by atoms with Crippen LogP contribution in [0.15, 0.2) is 4.63 Å². The Morgan fingerprint density at radius 1 is 1.20 bits per heavy atom. The average molecular weight is 302 g/mol. The van der Waals surface area contributed by atoms with E-state index >= 15 is 0 Å². The van der Waals surface area contributed by atoms with Gasteiger partial charge in [0.15, 0.2) is 0 Å². The number of aromatic nitrogens is 2. The van der Waals surface area contributed by atoms with Gasteiger partial charge in [-0.25, -0.2) is 13.0 Å². The number of hydrogen-bond acceptors (Lipinski definition) is 6. The topological polar surface area (TPSA) is 79.5 Å². The third-order valence-corrected chi connectivity index (χ3v) is 5.56. The summed E-state index contributed by atoms with van der Waals surface area (Å²) in [5.74, 6) is 0.260. The number of rotatable bonds is 6. The number of nitrogens with zero attached hydrogens (tertiary/aromatic N) is 4. The molecule has 1 saturated heterocycles. The fourth-order valence-electron chi connectivity index (χ4n) is 2.23. The van der Waals surface area contributed by atoms with Crippen LogP contribution in [0.4, 0.5) is 0 Å². The van der Waals surface area contributed by atoms with Crippen molar-refractivity contribution in [2.24, 2.45) is 0 Å². The Morgan fingerprint density at radius 3 is 2.45 bits per heavy atom. The largest absolute Gasteiger partial charge is 0.295 e. The van der Waals surface area contributed by atoms with Crippen LogP contribution in [0.25, 0.3) is 0 Å². The average Bonchev–Trinajstić information content (AvgIpc) is 2.83. The smallest absolute Gasteiger partial charge is 0.214 e.